The van der Waals surface area contributed by atoms with E-state index < -0.39 is 0 Å². The molecule has 0 radical (unpaired) electrons. The number of para-hydroxylation sites is 1. The minimum Gasteiger partial charge on any atom is -0.338 e. The zero-order chi connectivity index (χ0) is 13.5. The van der Waals surface area contributed by atoms with Crippen molar-refractivity contribution in [2.75, 3.05) is 11.9 Å². The molecule has 0 bridgehead atoms. The normalized spacial score (nSPS) is 14.7. The Morgan fingerprint density at radius 3 is 2.84 bits per heavy atom. The summed E-state index contributed by atoms with van der Waals surface area (Å²) in [7, 11) is 0. The molecule has 1 aliphatic carbocycles. The smallest absolute Gasteiger partial charge is 0.319 e. The lowest BCUT2D eigenvalue weighted by Gasteiger charge is -2.13. The third-order valence-electron chi connectivity index (χ3n) is 3.51. The van der Waals surface area contributed by atoms with E-state index in [-0.39, 0.29) is 6.03 Å². The Balaban J connectivity index is 1.73. The topological polar surface area (TPSA) is 41.1 Å². The molecule has 0 unspecified atom stereocenters. The van der Waals surface area contributed by atoms with Crippen molar-refractivity contribution in [1.82, 2.24) is 5.32 Å². The van der Waals surface area contributed by atoms with E-state index in [0.29, 0.717) is 6.54 Å². The number of rotatable bonds is 4. The van der Waals surface area contributed by atoms with Crippen LogP contribution >= 0.6 is 0 Å². The first-order chi connectivity index (χ1) is 9.25. The zero-order valence-electron chi connectivity index (χ0n) is 11.5. The van der Waals surface area contributed by atoms with Gasteiger partial charge in [0.05, 0.1) is 0 Å². The van der Waals surface area contributed by atoms with Crippen LogP contribution in [-0.2, 0) is 0 Å². The highest BCUT2D eigenvalue weighted by molar-refractivity contribution is 5.89. The average Bonchev–Trinajstić information content (AvgIpc) is 2.43. The quantitative estimate of drug-likeness (QED) is 0.787. The van der Waals surface area contributed by atoms with Gasteiger partial charge in [0.15, 0.2) is 0 Å². The number of anilines is 1. The molecular weight excluding hydrogens is 236 g/mol. The fraction of sp³-hybridized carbons (Fsp3) is 0.438. The summed E-state index contributed by atoms with van der Waals surface area (Å²) in [5.74, 6) is 0. The van der Waals surface area contributed by atoms with Gasteiger partial charge in [-0.3, -0.25) is 0 Å². The van der Waals surface area contributed by atoms with Crippen molar-refractivity contribution in [2.24, 2.45) is 0 Å². The van der Waals surface area contributed by atoms with Crippen LogP contribution in [0, 0.1) is 6.92 Å². The van der Waals surface area contributed by atoms with Gasteiger partial charge in [-0.1, -0.05) is 29.8 Å². The van der Waals surface area contributed by atoms with Crippen LogP contribution in [0.15, 0.2) is 35.9 Å². The number of aryl methyl sites for hydroxylation is 1. The number of hydrogen-bond acceptors (Lipinski definition) is 1. The molecule has 102 valence electrons. The molecule has 0 aromatic heterocycles. The first kappa shape index (κ1) is 13.7. The van der Waals surface area contributed by atoms with Gasteiger partial charge in [-0.25, -0.2) is 4.79 Å². The lowest BCUT2D eigenvalue weighted by molar-refractivity contribution is 0.252. The molecule has 19 heavy (non-hydrogen) atoms. The SMILES string of the molecule is Cc1ccccc1NC(=O)NCCC1=CCCCC1. The number of carbonyl (C=O) groups excluding carboxylic acids is 1. The van der Waals surface area contributed by atoms with Gasteiger partial charge in [-0.05, 0) is 50.7 Å². The first-order valence-electron chi connectivity index (χ1n) is 7.04. The van der Waals surface area contributed by atoms with E-state index in [1.165, 1.54) is 31.3 Å². The van der Waals surface area contributed by atoms with E-state index in [0.717, 1.165) is 17.7 Å². The molecule has 2 rings (SSSR count). The van der Waals surface area contributed by atoms with Gasteiger partial charge >= 0.3 is 6.03 Å². The predicted octanol–water partition coefficient (Wildman–Crippen LogP) is 4.01. The number of urea groups is 1. The lowest BCUT2D eigenvalue weighted by Crippen LogP contribution is -2.30. The number of carbonyl (C=O) groups is 1. The molecule has 2 amide bonds. The second-order valence-electron chi connectivity index (χ2n) is 5.05. The third-order valence-corrected chi connectivity index (χ3v) is 3.51. The van der Waals surface area contributed by atoms with Crippen LogP contribution in [0.5, 0.6) is 0 Å². The standard InChI is InChI=1S/C16H22N2O/c1-13-7-5-6-10-15(13)18-16(19)17-12-11-14-8-3-2-4-9-14/h5-8,10H,2-4,9,11-12H2,1H3,(H2,17,18,19). The second-order valence-corrected chi connectivity index (χ2v) is 5.05. The van der Waals surface area contributed by atoms with Crippen molar-refractivity contribution in [1.29, 1.82) is 0 Å². The van der Waals surface area contributed by atoms with E-state index in [9.17, 15) is 4.79 Å². The molecule has 0 atom stereocenters. The largest absolute Gasteiger partial charge is 0.338 e. The Hall–Kier alpha value is -1.77. The third kappa shape index (κ3) is 4.43. The maximum atomic E-state index is 11.8. The van der Waals surface area contributed by atoms with E-state index in [1.807, 2.05) is 31.2 Å². The Morgan fingerprint density at radius 1 is 1.26 bits per heavy atom. The minimum absolute atomic E-state index is 0.120. The summed E-state index contributed by atoms with van der Waals surface area (Å²) in [6.07, 6.45) is 8.30. The second kappa shape index (κ2) is 6.98. The molecule has 0 aliphatic heterocycles. The summed E-state index contributed by atoms with van der Waals surface area (Å²) in [4.78, 5) is 11.8. The van der Waals surface area contributed by atoms with Crippen LogP contribution in [0.1, 0.15) is 37.7 Å². The Labute approximate surface area is 115 Å². The summed E-state index contributed by atoms with van der Waals surface area (Å²) < 4.78 is 0. The molecule has 0 spiro atoms. The van der Waals surface area contributed by atoms with Gasteiger partial charge in [-0.2, -0.15) is 0 Å². The van der Waals surface area contributed by atoms with Crippen molar-refractivity contribution in [3.05, 3.63) is 41.5 Å². The highest BCUT2D eigenvalue weighted by Gasteiger charge is 2.05. The molecule has 0 heterocycles. The molecule has 0 saturated heterocycles. The van der Waals surface area contributed by atoms with Crippen LogP contribution < -0.4 is 10.6 Å². The number of allylic oxidation sites excluding steroid dienone is 1. The molecule has 1 aromatic carbocycles. The average molecular weight is 258 g/mol. The molecule has 1 aliphatic rings. The number of nitrogens with one attached hydrogen (secondary N) is 2. The van der Waals surface area contributed by atoms with Crippen LogP contribution in [0.2, 0.25) is 0 Å². The predicted molar refractivity (Wildman–Crippen MR) is 79.4 cm³/mol. The summed E-state index contributed by atoms with van der Waals surface area (Å²) in [6, 6.07) is 7.68. The number of benzene rings is 1. The van der Waals surface area contributed by atoms with Crippen LogP contribution in [0.3, 0.4) is 0 Å². The Morgan fingerprint density at radius 2 is 2.11 bits per heavy atom. The van der Waals surface area contributed by atoms with Crippen molar-refractivity contribution in [2.45, 2.75) is 39.0 Å². The fourth-order valence-corrected chi connectivity index (χ4v) is 2.35. The number of hydrogen-bond donors (Lipinski definition) is 2. The van der Waals surface area contributed by atoms with Crippen molar-refractivity contribution in [3.63, 3.8) is 0 Å². The van der Waals surface area contributed by atoms with Gasteiger partial charge in [-0.15, -0.1) is 0 Å². The summed E-state index contributed by atoms with van der Waals surface area (Å²) in [5, 5.41) is 5.79. The van der Waals surface area contributed by atoms with Crippen LogP contribution in [0.25, 0.3) is 0 Å². The molecule has 3 heteroatoms. The van der Waals surface area contributed by atoms with Crippen LogP contribution in [0.4, 0.5) is 10.5 Å². The molecule has 3 nitrogen and oxygen atoms in total. The van der Waals surface area contributed by atoms with E-state index >= 15 is 0 Å². The summed E-state index contributed by atoms with van der Waals surface area (Å²) in [6.45, 7) is 2.70. The first-order valence-corrected chi connectivity index (χ1v) is 7.04. The monoisotopic (exact) mass is 258 g/mol. The van der Waals surface area contributed by atoms with Crippen molar-refractivity contribution in [3.8, 4) is 0 Å². The highest BCUT2D eigenvalue weighted by atomic mass is 16.2. The van der Waals surface area contributed by atoms with Gasteiger partial charge in [0.2, 0.25) is 0 Å². The van der Waals surface area contributed by atoms with Crippen LogP contribution in [-0.4, -0.2) is 12.6 Å². The van der Waals surface area contributed by atoms with E-state index in [2.05, 4.69) is 16.7 Å². The van der Waals surface area contributed by atoms with Crippen molar-refractivity contribution < 1.29 is 4.79 Å². The van der Waals surface area contributed by atoms with Gasteiger partial charge < -0.3 is 10.6 Å². The maximum Gasteiger partial charge on any atom is 0.319 e. The minimum atomic E-state index is -0.120. The van der Waals surface area contributed by atoms with Crippen molar-refractivity contribution >= 4 is 11.7 Å². The Bertz CT molecular complexity index is 466. The van der Waals surface area contributed by atoms with E-state index in [4.69, 9.17) is 0 Å². The molecule has 0 saturated carbocycles. The molecule has 1 aromatic rings. The summed E-state index contributed by atoms with van der Waals surface area (Å²) in [5.41, 5.74) is 3.44. The molecule has 0 fully saturated rings. The van der Waals surface area contributed by atoms with E-state index in [1.54, 1.807) is 0 Å². The molecule has 2 N–H and O–H groups in total. The lowest BCUT2D eigenvalue weighted by atomic mass is 9.97. The highest BCUT2D eigenvalue weighted by Crippen LogP contribution is 2.19. The fourth-order valence-electron chi connectivity index (χ4n) is 2.35. The zero-order valence-corrected chi connectivity index (χ0v) is 11.5. The van der Waals surface area contributed by atoms with Gasteiger partial charge in [0, 0.05) is 12.2 Å². The van der Waals surface area contributed by atoms with Gasteiger partial charge in [0.1, 0.15) is 0 Å². The number of amides is 2. The molecular formula is C16H22N2O. The Kier molecular flexibility index (Phi) is 5.01. The maximum absolute atomic E-state index is 11.8. The summed E-state index contributed by atoms with van der Waals surface area (Å²) >= 11 is 0. The van der Waals surface area contributed by atoms with Gasteiger partial charge in [0.25, 0.3) is 0 Å².